The number of hydrogen-bond donors (Lipinski definition) is 1. The second-order valence-electron chi connectivity index (χ2n) is 4.99. The molecular weight excluding hydrogens is 222 g/mol. The van der Waals surface area contributed by atoms with E-state index in [0.29, 0.717) is 11.7 Å². The molecule has 0 aliphatic heterocycles. The van der Waals surface area contributed by atoms with Gasteiger partial charge in [-0.05, 0) is 31.4 Å². The van der Waals surface area contributed by atoms with E-state index >= 15 is 0 Å². The van der Waals surface area contributed by atoms with Crippen LogP contribution in [0.15, 0.2) is 30.3 Å². The quantitative estimate of drug-likeness (QED) is 0.855. The minimum Gasteiger partial charge on any atom is -0.507 e. The molecule has 2 nitrogen and oxygen atoms in total. The topological polar surface area (TPSA) is 33.1 Å². The van der Waals surface area contributed by atoms with E-state index in [4.69, 9.17) is 0 Å². The van der Waals surface area contributed by atoms with E-state index in [2.05, 4.69) is 18.8 Å². The van der Waals surface area contributed by atoms with Crippen molar-refractivity contribution >= 4 is 0 Å². The summed E-state index contributed by atoms with van der Waals surface area (Å²) in [6.07, 6.45) is 0. The first-order valence-electron chi connectivity index (χ1n) is 6.27. The molecule has 0 unspecified atom stereocenters. The highest BCUT2D eigenvalue weighted by atomic mass is 16.3. The summed E-state index contributed by atoms with van der Waals surface area (Å²) in [4.78, 5) is 4.61. The molecule has 0 spiro atoms. The van der Waals surface area contributed by atoms with E-state index in [9.17, 15) is 5.11 Å². The SMILES string of the molecule is Cc1cccc(-c2ccc(C(C)C)nc2C)c1O. The summed E-state index contributed by atoms with van der Waals surface area (Å²) < 4.78 is 0. The van der Waals surface area contributed by atoms with Gasteiger partial charge in [-0.2, -0.15) is 0 Å². The summed E-state index contributed by atoms with van der Waals surface area (Å²) in [6.45, 7) is 8.16. The maximum Gasteiger partial charge on any atom is 0.126 e. The normalized spacial score (nSPS) is 10.9. The van der Waals surface area contributed by atoms with Crippen molar-refractivity contribution in [1.82, 2.24) is 4.98 Å². The van der Waals surface area contributed by atoms with Crippen LogP contribution < -0.4 is 0 Å². The van der Waals surface area contributed by atoms with Gasteiger partial charge >= 0.3 is 0 Å². The Balaban J connectivity index is 2.55. The van der Waals surface area contributed by atoms with Gasteiger partial charge in [0.15, 0.2) is 0 Å². The van der Waals surface area contributed by atoms with Crippen LogP contribution in [0.5, 0.6) is 5.75 Å². The zero-order chi connectivity index (χ0) is 13.3. The molecule has 2 rings (SSSR count). The molecule has 0 amide bonds. The average molecular weight is 241 g/mol. The van der Waals surface area contributed by atoms with Gasteiger partial charge in [0.2, 0.25) is 0 Å². The maximum atomic E-state index is 10.1. The second kappa shape index (κ2) is 4.81. The molecule has 1 aromatic heterocycles. The molecule has 94 valence electrons. The Bertz CT molecular complexity index is 573. The van der Waals surface area contributed by atoms with Gasteiger partial charge in [0, 0.05) is 22.5 Å². The third-order valence-electron chi connectivity index (χ3n) is 3.23. The first-order chi connectivity index (χ1) is 8.50. The van der Waals surface area contributed by atoms with Crippen LogP contribution in [0.4, 0.5) is 0 Å². The number of aromatic nitrogens is 1. The van der Waals surface area contributed by atoms with Crippen molar-refractivity contribution in [3.63, 3.8) is 0 Å². The molecule has 0 aliphatic rings. The molecular formula is C16H19NO. The molecule has 0 aliphatic carbocycles. The van der Waals surface area contributed by atoms with Crippen molar-refractivity contribution in [2.45, 2.75) is 33.6 Å². The fraction of sp³-hybridized carbons (Fsp3) is 0.312. The van der Waals surface area contributed by atoms with Crippen LogP contribution in [-0.4, -0.2) is 10.1 Å². The van der Waals surface area contributed by atoms with Crippen LogP contribution in [0, 0.1) is 13.8 Å². The smallest absolute Gasteiger partial charge is 0.126 e. The number of rotatable bonds is 2. The third kappa shape index (κ3) is 2.23. The van der Waals surface area contributed by atoms with Crippen LogP contribution in [0.2, 0.25) is 0 Å². The van der Waals surface area contributed by atoms with E-state index in [1.54, 1.807) is 0 Å². The lowest BCUT2D eigenvalue weighted by Crippen LogP contribution is -1.96. The molecule has 1 aromatic carbocycles. The first kappa shape index (κ1) is 12.6. The summed E-state index contributed by atoms with van der Waals surface area (Å²) in [5, 5.41) is 10.1. The van der Waals surface area contributed by atoms with Crippen molar-refractivity contribution in [3.8, 4) is 16.9 Å². The zero-order valence-electron chi connectivity index (χ0n) is 11.4. The van der Waals surface area contributed by atoms with E-state index in [-0.39, 0.29) is 0 Å². The molecule has 2 heteroatoms. The second-order valence-corrected chi connectivity index (χ2v) is 4.99. The summed E-state index contributed by atoms with van der Waals surface area (Å²) in [5.74, 6) is 0.767. The van der Waals surface area contributed by atoms with Gasteiger partial charge in [-0.3, -0.25) is 4.98 Å². The van der Waals surface area contributed by atoms with Gasteiger partial charge in [0.05, 0.1) is 0 Å². The van der Waals surface area contributed by atoms with Gasteiger partial charge in [0.1, 0.15) is 5.75 Å². The summed E-state index contributed by atoms with van der Waals surface area (Å²) in [7, 11) is 0. The molecule has 0 atom stereocenters. The molecule has 0 fully saturated rings. The highest BCUT2D eigenvalue weighted by Crippen LogP contribution is 2.33. The summed E-state index contributed by atoms with van der Waals surface area (Å²) in [6, 6.07) is 9.88. The summed E-state index contributed by atoms with van der Waals surface area (Å²) >= 11 is 0. The lowest BCUT2D eigenvalue weighted by atomic mass is 9.99. The molecule has 1 N–H and O–H groups in total. The molecule has 1 heterocycles. The zero-order valence-corrected chi connectivity index (χ0v) is 11.4. The Hall–Kier alpha value is -1.83. The number of nitrogens with zero attached hydrogens (tertiary/aromatic N) is 1. The molecule has 0 radical (unpaired) electrons. The van der Waals surface area contributed by atoms with Gasteiger partial charge in [-0.25, -0.2) is 0 Å². The van der Waals surface area contributed by atoms with Crippen molar-refractivity contribution < 1.29 is 5.11 Å². The van der Waals surface area contributed by atoms with Crippen LogP contribution >= 0.6 is 0 Å². The minimum atomic E-state index is 0.347. The number of phenols is 1. The maximum absolute atomic E-state index is 10.1. The Labute approximate surface area is 108 Å². The number of para-hydroxylation sites is 1. The fourth-order valence-electron chi connectivity index (χ4n) is 2.06. The monoisotopic (exact) mass is 241 g/mol. The summed E-state index contributed by atoms with van der Waals surface area (Å²) in [5.41, 5.74) is 4.79. The molecule has 0 saturated heterocycles. The van der Waals surface area contributed by atoms with Crippen LogP contribution in [-0.2, 0) is 0 Å². The van der Waals surface area contributed by atoms with Gasteiger partial charge in [-0.1, -0.05) is 38.1 Å². The number of hydrogen-bond acceptors (Lipinski definition) is 2. The predicted octanol–water partition coefficient (Wildman–Crippen LogP) is 4.19. The van der Waals surface area contributed by atoms with Crippen LogP contribution in [0.1, 0.15) is 36.7 Å². The Kier molecular flexibility index (Phi) is 3.37. The number of benzene rings is 1. The largest absolute Gasteiger partial charge is 0.507 e. The lowest BCUT2D eigenvalue weighted by molar-refractivity contribution is 0.473. The number of aromatic hydroxyl groups is 1. The standard InChI is InChI=1S/C16H19NO/c1-10(2)15-9-8-13(12(4)17-15)14-7-5-6-11(3)16(14)18/h5-10,18H,1-4H3. The van der Waals surface area contributed by atoms with Crippen molar-refractivity contribution in [2.75, 3.05) is 0 Å². The number of pyridine rings is 1. The third-order valence-corrected chi connectivity index (χ3v) is 3.23. The lowest BCUT2D eigenvalue weighted by Gasteiger charge is -2.12. The number of phenolic OH excluding ortho intramolecular Hbond substituents is 1. The van der Waals surface area contributed by atoms with E-state index in [0.717, 1.165) is 28.1 Å². The molecule has 2 aromatic rings. The van der Waals surface area contributed by atoms with Crippen molar-refractivity contribution in [2.24, 2.45) is 0 Å². The minimum absolute atomic E-state index is 0.347. The van der Waals surface area contributed by atoms with Crippen LogP contribution in [0.3, 0.4) is 0 Å². The predicted molar refractivity (Wildman–Crippen MR) is 74.9 cm³/mol. The van der Waals surface area contributed by atoms with Gasteiger partial charge < -0.3 is 5.11 Å². The average Bonchev–Trinajstić information content (AvgIpc) is 2.33. The van der Waals surface area contributed by atoms with Gasteiger partial charge in [0.25, 0.3) is 0 Å². The van der Waals surface area contributed by atoms with E-state index in [1.165, 1.54) is 0 Å². The highest BCUT2D eigenvalue weighted by Gasteiger charge is 2.11. The van der Waals surface area contributed by atoms with Crippen molar-refractivity contribution in [1.29, 1.82) is 0 Å². The van der Waals surface area contributed by atoms with Gasteiger partial charge in [-0.15, -0.1) is 0 Å². The van der Waals surface area contributed by atoms with E-state index < -0.39 is 0 Å². The number of aryl methyl sites for hydroxylation is 2. The highest BCUT2D eigenvalue weighted by molar-refractivity contribution is 5.73. The molecule has 18 heavy (non-hydrogen) atoms. The van der Waals surface area contributed by atoms with Crippen LogP contribution in [0.25, 0.3) is 11.1 Å². The molecule has 0 saturated carbocycles. The Morgan fingerprint density at radius 1 is 1.00 bits per heavy atom. The first-order valence-corrected chi connectivity index (χ1v) is 6.27. The Morgan fingerprint density at radius 3 is 2.33 bits per heavy atom. The molecule has 0 bridgehead atoms. The Morgan fingerprint density at radius 2 is 1.72 bits per heavy atom. The van der Waals surface area contributed by atoms with Crippen molar-refractivity contribution in [3.05, 3.63) is 47.3 Å². The van der Waals surface area contributed by atoms with E-state index in [1.807, 2.05) is 44.2 Å². The fourth-order valence-corrected chi connectivity index (χ4v) is 2.06.